The molecule has 0 saturated heterocycles. The summed E-state index contributed by atoms with van der Waals surface area (Å²) in [6, 6.07) is 30.0. The maximum absolute atomic E-state index is 13.8. The van der Waals surface area contributed by atoms with Gasteiger partial charge in [-0.05, 0) is 53.1 Å². The first kappa shape index (κ1) is 25.4. The smallest absolute Gasteiger partial charge is 0.244 e. The third-order valence-corrected chi connectivity index (χ3v) is 7.66. The lowest BCUT2D eigenvalue weighted by Gasteiger charge is -2.29. The normalized spacial score (nSPS) is 12.3. The Morgan fingerprint density at radius 2 is 1.44 bits per heavy atom. The first-order valence-electron chi connectivity index (χ1n) is 11.2. The number of hydrogen-bond acceptors (Lipinski definition) is 4. The quantitative estimate of drug-likeness (QED) is 0.306. The van der Waals surface area contributed by atoms with Crippen molar-refractivity contribution in [2.24, 2.45) is 5.73 Å². The number of amides is 1. The molecule has 1 unspecified atom stereocenters. The van der Waals surface area contributed by atoms with Gasteiger partial charge in [-0.25, -0.2) is 8.42 Å². The summed E-state index contributed by atoms with van der Waals surface area (Å²) < 4.78 is 34.6. The molecule has 0 aliphatic heterocycles. The molecule has 2 N–H and O–H groups in total. The van der Waals surface area contributed by atoms with E-state index in [2.05, 4.69) is 0 Å². The van der Waals surface area contributed by atoms with Crippen molar-refractivity contribution in [2.75, 3.05) is 0 Å². The van der Waals surface area contributed by atoms with Gasteiger partial charge in [-0.1, -0.05) is 84.4 Å². The summed E-state index contributed by atoms with van der Waals surface area (Å²) in [6.45, 7) is 0.265. The lowest BCUT2D eigenvalue weighted by molar-refractivity contribution is -0.122. The molecule has 0 fully saturated rings. The molecule has 8 heteroatoms. The summed E-state index contributed by atoms with van der Waals surface area (Å²) in [4.78, 5) is 12.7. The predicted molar refractivity (Wildman–Crippen MR) is 140 cm³/mol. The molecule has 0 aliphatic carbocycles. The second-order valence-corrected chi connectivity index (χ2v) is 10.5. The fourth-order valence-corrected chi connectivity index (χ4v) is 5.52. The molecule has 0 heterocycles. The molecule has 4 rings (SSSR count). The van der Waals surface area contributed by atoms with Crippen LogP contribution in [0.4, 0.5) is 0 Å². The number of nitrogens with zero attached hydrogens (tertiary/aromatic N) is 1. The van der Waals surface area contributed by atoms with Crippen LogP contribution in [0.25, 0.3) is 0 Å². The van der Waals surface area contributed by atoms with Gasteiger partial charge in [-0.15, -0.1) is 0 Å². The maximum atomic E-state index is 13.8. The van der Waals surface area contributed by atoms with Gasteiger partial charge in [0.25, 0.3) is 0 Å². The van der Waals surface area contributed by atoms with Gasteiger partial charge < -0.3 is 10.5 Å². The summed E-state index contributed by atoms with van der Waals surface area (Å²) in [5.74, 6) is -0.203. The van der Waals surface area contributed by atoms with E-state index in [0.717, 1.165) is 9.87 Å². The number of carbonyl (C=O) groups excluding carboxylic acids is 1. The average molecular weight is 521 g/mol. The Bertz CT molecular complexity index is 1410. The van der Waals surface area contributed by atoms with Gasteiger partial charge >= 0.3 is 0 Å². The average Bonchev–Trinajstić information content (AvgIpc) is 2.89. The number of hydrogen-bond donors (Lipinski definition) is 1. The molecule has 0 radical (unpaired) electrons. The summed E-state index contributed by atoms with van der Waals surface area (Å²) in [5, 5.41) is 0.401. The fourth-order valence-electron chi connectivity index (χ4n) is 3.82. The fraction of sp³-hybridized carbons (Fsp3) is 0.107. The molecule has 0 aromatic heterocycles. The molecule has 184 valence electrons. The molecule has 6 nitrogen and oxygen atoms in total. The zero-order chi connectivity index (χ0) is 25.5. The Balaban J connectivity index is 1.70. The predicted octanol–water partition coefficient (Wildman–Crippen LogP) is 5.34. The maximum Gasteiger partial charge on any atom is 0.244 e. The zero-order valence-corrected chi connectivity index (χ0v) is 20.9. The number of sulfonamides is 1. The molecule has 0 bridgehead atoms. The Labute approximate surface area is 216 Å². The third kappa shape index (κ3) is 6.12. The highest BCUT2D eigenvalue weighted by Crippen LogP contribution is 2.31. The van der Waals surface area contributed by atoms with Gasteiger partial charge in [0, 0.05) is 11.6 Å². The van der Waals surface area contributed by atoms with Gasteiger partial charge in [0.15, 0.2) is 0 Å². The highest BCUT2D eigenvalue weighted by molar-refractivity contribution is 7.89. The van der Waals surface area contributed by atoms with Crippen LogP contribution in [0.5, 0.6) is 5.75 Å². The Morgan fingerprint density at radius 3 is 2.08 bits per heavy atom. The van der Waals surface area contributed by atoms with E-state index >= 15 is 0 Å². The summed E-state index contributed by atoms with van der Waals surface area (Å²) >= 11 is 5.97. The minimum Gasteiger partial charge on any atom is -0.489 e. The van der Waals surface area contributed by atoms with Gasteiger partial charge in [0.2, 0.25) is 15.9 Å². The number of halogens is 1. The monoisotopic (exact) mass is 520 g/mol. The van der Waals surface area contributed by atoms with E-state index < -0.39 is 22.0 Å². The van der Waals surface area contributed by atoms with E-state index in [1.807, 2.05) is 30.3 Å². The summed E-state index contributed by atoms with van der Waals surface area (Å²) in [5.41, 5.74) is 7.89. The van der Waals surface area contributed by atoms with Crippen LogP contribution in [0.2, 0.25) is 5.02 Å². The van der Waals surface area contributed by atoms with Gasteiger partial charge in [-0.2, -0.15) is 4.31 Å². The van der Waals surface area contributed by atoms with E-state index in [4.69, 9.17) is 22.1 Å². The Kier molecular flexibility index (Phi) is 8.05. The van der Waals surface area contributed by atoms with E-state index in [-0.39, 0.29) is 11.4 Å². The van der Waals surface area contributed by atoms with Gasteiger partial charge in [-0.3, -0.25) is 4.79 Å². The van der Waals surface area contributed by atoms with E-state index in [9.17, 15) is 13.2 Å². The lowest BCUT2D eigenvalue weighted by Crippen LogP contribution is -2.41. The zero-order valence-electron chi connectivity index (χ0n) is 19.3. The van der Waals surface area contributed by atoms with Gasteiger partial charge in [0.05, 0.1) is 4.90 Å². The molecule has 0 saturated carbocycles. The molecule has 4 aromatic rings. The van der Waals surface area contributed by atoms with Crippen molar-refractivity contribution in [1.29, 1.82) is 0 Å². The SMILES string of the molecule is NC(=O)C(c1ccccc1)N(Cc1cccc(OCc2ccccc2)c1)S(=O)(=O)c1ccc(Cl)cc1. The summed E-state index contributed by atoms with van der Waals surface area (Å²) in [7, 11) is -4.14. The largest absolute Gasteiger partial charge is 0.489 e. The minimum absolute atomic E-state index is 0.00515. The highest BCUT2D eigenvalue weighted by atomic mass is 35.5. The molecule has 4 aromatic carbocycles. The van der Waals surface area contributed by atoms with Crippen molar-refractivity contribution in [2.45, 2.75) is 24.1 Å². The van der Waals surface area contributed by atoms with Crippen molar-refractivity contribution in [3.8, 4) is 5.75 Å². The first-order valence-corrected chi connectivity index (χ1v) is 13.0. The molecule has 0 aliphatic rings. The van der Waals surface area contributed by atoms with Crippen LogP contribution < -0.4 is 10.5 Å². The van der Waals surface area contributed by atoms with Crippen LogP contribution in [0, 0.1) is 0 Å². The number of benzene rings is 4. The minimum atomic E-state index is -4.14. The van der Waals surface area contributed by atoms with Crippen molar-refractivity contribution < 1.29 is 17.9 Å². The number of nitrogens with two attached hydrogens (primary N) is 1. The second-order valence-electron chi connectivity index (χ2n) is 8.14. The van der Waals surface area contributed by atoms with Crippen LogP contribution in [0.15, 0.2) is 114 Å². The highest BCUT2D eigenvalue weighted by Gasteiger charge is 2.36. The van der Waals surface area contributed by atoms with Crippen molar-refractivity contribution in [3.05, 3.63) is 131 Å². The van der Waals surface area contributed by atoms with Crippen LogP contribution in [-0.2, 0) is 28.0 Å². The Morgan fingerprint density at radius 1 is 0.833 bits per heavy atom. The van der Waals surface area contributed by atoms with Crippen LogP contribution in [-0.4, -0.2) is 18.6 Å². The van der Waals surface area contributed by atoms with E-state index in [0.29, 0.717) is 28.5 Å². The standard InChI is InChI=1S/C28H25ClN2O4S/c29-24-14-16-26(17-15-24)36(33,34)31(27(28(30)32)23-11-5-2-6-12-23)19-22-10-7-13-25(18-22)35-20-21-8-3-1-4-9-21/h1-18,27H,19-20H2,(H2,30,32). The van der Waals surface area contributed by atoms with Crippen molar-refractivity contribution in [3.63, 3.8) is 0 Å². The van der Waals surface area contributed by atoms with Crippen molar-refractivity contribution in [1.82, 2.24) is 4.31 Å². The molecule has 36 heavy (non-hydrogen) atoms. The van der Waals surface area contributed by atoms with E-state index in [1.54, 1.807) is 54.6 Å². The molecular formula is C28H25ClN2O4S. The van der Waals surface area contributed by atoms with Crippen LogP contribution >= 0.6 is 11.6 Å². The van der Waals surface area contributed by atoms with E-state index in [1.165, 1.54) is 24.3 Å². The lowest BCUT2D eigenvalue weighted by atomic mass is 10.1. The molecule has 1 amide bonds. The number of primary amides is 1. The van der Waals surface area contributed by atoms with Crippen molar-refractivity contribution >= 4 is 27.5 Å². The van der Waals surface area contributed by atoms with Gasteiger partial charge in [0.1, 0.15) is 18.4 Å². The van der Waals surface area contributed by atoms with Crippen LogP contribution in [0.3, 0.4) is 0 Å². The third-order valence-electron chi connectivity index (χ3n) is 5.58. The van der Waals surface area contributed by atoms with Crippen LogP contribution in [0.1, 0.15) is 22.7 Å². The second kappa shape index (κ2) is 11.4. The molecule has 0 spiro atoms. The number of rotatable bonds is 10. The number of ether oxygens (including phenoxy) is 1. The first-order chi connectivity index (χ1) is 17.3. The number of carbonyl (C=O) groups is 1. The topological polar surface area (TPSA) is 89.7 Å². The molecule has 1 atom stereocenters. The molecular weight excluding hydrogens is 496 g/mol. The summed E-state index contributed by atoms with van der Waals surface area (Å²) in [6.07, 6.45) is 0. The Hall–Kier alpha value is -3.65.